The van der Waals surface area contributed by atoms with Crippen molar-refractivity contribution in [3.05, 3.63) is 83.0 Å². The Labute approximate surface area is 281 Å². The molecule has 47 heavy (non-hydrogen) atoms. The fourth-order valence-corrected chi connectivity index (χ4v) is 8.43. The third-order valence-corrected chi connectivity index (χ3v) is 11.5. The first-order valence-electron chi connectivity index (χ1n) is 18.9. The van der Waals surface area contributed by atoms with Crippen LogP contribution in [0.15, 0.2) is 60.2 Å². The molecule has 256 valence electrons. The molecule has 0 nitrogen and oxygen atoms in total. The number of halogens is 4. The summed E-state index contributed by atoms with van der Waals surface area (Å²) in [6.07, 6.45) is 25.6. The van der Waals surface area contributed by atoms with Crippen molar-refractivity contribution in [1.29, 1.82) is 0 Å². The normalized spacial score (nSPS) is 23.5. The maximum atomic E-state index is 15.5. The molecule has 3 aliphatic carbocycles. The molecule has 2 aromatic carbocycles. The van der Waals surface area contributed by atoms with Crippen molar-refractivity contribution in [2.75, 3.05) is 0 Å². The molecule has 0 radical (unpaired) electrons. The van der Waals surface area contributed by atoms with E-state index in [0.717, 1.165) is 62.4 Å². The van der Waals surface area contributed by atoms with E-state index in [1.165, 1.54) is 64.2 Å². The van der Waals surface area contributed by atoms with Gasteiger partial charge >= 0.3 is 0 Å². The molecule has 1 unspecified atom stereocenters. The lowest BCUT2D eigenvalue weighted by atomic mass is 9.70. The summed E-state index contributed by atoms with van der Waals surface area (Å²) in [6.45, 7) is 4.40. The fraction of sp³-hybridized carbons (Fsp3) is 0.581. The largest absolute Gasteiger partial charge is 0.208 e. The summed E-state index contributed by atoms with van der Waals surface area (Å²) >= 11 is 0. The van der Waals surface area contributed by atoms with Gasteiger partial charge in [0.05, 0.1) is 0 Å². The Bertz CT molecular complexity index is 1390. The second kappa shape index (κ2) is 17.7. The van der Waals surface area contributed by atoms with Crippen LogP contribution in [0.5, 0.6) is 0 Å². The van der Waals surface area contributed by atoms with E-state index in [-0.39, 0.29) is 11.1 Å². The van der Waals surface area contributed by atoms with Gasteiger partial charge in [-0.05, 0) is 79.4 Å². The van der Waals surface area contributed by atoms with Crippen molar-refractivity contribution in [3.63, 3.8) is 0 Å². The minimum atomic E-state index is -0.855. The van der Waals surface area contributed by atoms with E-state index in [4.69, 9.17) is 0 Å². The molecular weight excluding hydrogens is 592 g/mol. The van der Waals surface area contributed by atoms with Gasteiger partial charge in [0.25, 0.3) is 0 Å². The van der Waals surface area contributed by atoms with Crippen LogP contribution in [0.3, 0.4) is 0 Å². The monoisotopic (exact) mass is 648 g/mol. The zero-order chi connectivity index (χ0) is 33.2. The first-order chi connectivity index (χ1) is 22.9. The summed E-state index contributed by atoms with van der Waals surface area (Å²) in [4.78, 5) is 0. The highest BCUT2D eigenvalue weighted by atomic mass is 19.2. The van der Waals surface area contributed by atoms with Crippen LogP contribution in [-0.4, -0.2) is 0 Å². The van der Waals surface area contributed by atoms with Crippen LogP contribution in [0.25, 0.3) is 22.3 Å². The Hall–Kier alpha value is -2.62. The van der Waals surface area contributed by atoms with Crippen molar-refractivity contribution < 1.29 is 17.6 Å². The lowest BCUT2D eigenvalue weighted by molar-refractivity contribution is 0.187. The minimum Gasteiger partial charge on any atom is -0.208 e. The Morgan fingerprint density at radius 3 is 1.87 bits per heavy atom. The van der Waals surface area contributed by atoms with Gasteiger partial charge in [0.1, 0.15) is 5.83 Å². The van der Waals surface area contributed by atoms with Crippen molar-refractivity contribution in [2.24, 2.45) is 23.7 Å². The van der Waals surface area contributed by atoms with Crippen LogP contribution in [-0.2, 0) is 0 Å². The highest BCUT2D eigenvalue weighted by Crippen LogP contribution is 2.44. The molecule has 1 saturated carbocycles. The lowest BCUT2D eigenvalue weighted by Crippen LogP contribution is -2.23. The molecule has 3 aliphatic rings. The topological polar surface area (TPSA) is 0 Å². The van der Waals surface area contributed by atoms with E-state index in [2.05, 4.69) is 19.9 Å². The molecule has 0 aromatic heterocycles. The summed E-state index contributed by atoms with van der Waals surface area (Å²) in [5, 5.41) is 0. The SMILES string of the molecule is CCCCCCCC1CCC(C2CC=C(c3ccc(-c4ccc(C5=CC[C@H](CCCCCC)C(F)=C5F)cc4)c(F)c3F)CC2)CC1. The summed E-state index contributed by atoms with van der Waals surface area (Å²) in [7, 11) is 0. The van der Waals surface area contributed by atoms with Gasteiger partial charge in [-0.15, -0.1) is 0 Å². The van der Waals surface area contributed by atoms with Gasteiger partial charge in [-0.2, -0.15) is 0 Å². The quantitative estimate of drug-likeness (QED) is 0.133. The van der Waals surface area contributed by atoms with Gasteiger partial charge in [0.15, 0.2) is 17.5 Å². The third-order valence-electron chi connectivity index (χ3n) is 11.5. The number of allylic oxidation sites excluding steroid dienone is 6. The highest BCUT2D eigenvalue weighted by molar-refractivity contribution is 5.80. The molecule has 2 atom stereocenters. The first kappa shape index (κ1) is 35.7. The van der Waals surface area contributed by atoms with Crippen molar-refractivity contribution in [1.82, 2.24) is 0 Å². The van der Waals surface area contributed by atoms with Crippen LogP contribution in [0.2, 0.25) is 0 Å². The molecule has 0 N–H and O–H groups in total. The van der Waals surface area contributed by atoms with Crippen LogP contribution in [0.4, 0.5) is 17.6 Å². The van der Waals surface area contributed by atoms with Gasteiger partial charge in [-0.25, -0.2) is 17.6 Å². The van der Waals surface area contributed by atoms with Gasteiger partial charge in [0, 0.05) is 22.6 Å². The minimum absolute atomic E-state index is 0.182. The molecule has 1 fully saturated rings. The maximum Gasteiger partial charge on any atom is 0.167 e. The highest BCUT2D eigenvalue weighted by Gasteiger charge is 2.30. The predicted octanol–water partition coefficient (Wildman–Crippen LogP) is 14.5. The van der Waals surface area contributed by atoms with Gasteiger partial charge in [-0.1, -0.05) is 139 Å². The summed E-state index contributed by atoms with van der Waals surface area (Å²) in [6, 6.07) is 10.0. The van der Waals surface area contributed by atoms with E-state index < -0.39 is 29.2 Å². The molecule has 2 aromatic rings. The van der Waals surface area contributed by atoms with Crippen molar-refractivity contribution in [2.45, 2.75) is 136 Å². The van der Waals surface area contributed by atoms with Crippen LogP contribution >= 0.6 is 0 Å². The van der Waals surface area contributed by atoms with Gasteiger partial charge in [-0.3, -0.25) is 0 Å². The molecular formula is C43H56F4. The van der Waals surface area contributed by atoms with Crippen LogP contribution in [0.1, 0.15) is 147 Å². The Morgan fingerprint density at radius 1 is 0.574 bits per heavy atom. The Balaban J connectivity index is 1.16. The number of hydrogen-bond donors (Lipinski definition) is 0. The predicted molar refractivity (Wildman–Crippen MR) is 190 cm³/mol. The first-order valence-corrected chi connectivity index (χ1v) is 18.9. The lowest BCUT2D eigenvalue weighted by Gasteiger charge is -2.35. The number of benzene rings is 2. The van der Waals surface area contributed by atoms with Crippen LogP contribution < -0.4 is 0 Å². The van der Waals surface area contributed by atoms with Crippen LogP contribution in [0, 0.1) is 35.3 Å². The van der Waals surface area contributed by atoms with E-state index in [9.17, 15) is 4.39 Å². The van der Waals surface area contributed by atoms with Crippen molar-refractivity contribution >= 4 is 11.1 Å². The molecule has 0 bridgehead atoms. The summed E-state index contributed by atoms with van der Waals surface area (Å²) < 4.78 is 60.9. The Morgan fingerprint density at radius 2 is 1.19 bits per heavy atom. The molecule has 0 saturated heterocycles. The van der Waals surface area contributed by atoms with E-state index in [1.807, 2.05) is 0 Å². The van der Waals surface area contributed by atoms with E-state index in [1.54, 1.807) is 42.5 Å². The molecule has 0 amide bonds. The summed E-state index contributed by atoms with van der Waals surface area (Å²) in [5.74, 6) is -1.20. The number of unbranched alkanes of at least 4 members (excludes halogenated alkanes) is 7. The zero-order valence-corrected chi connectivity index (χ0v) is 28.9. The standard InChI is InChI=1S/C43H56F4/c1-3-5-7-9-10-12-30-14-16-31(17-15-30)32-18-20-33(21-19-32)38-28-29-39(43(47)42(38)46)35-24-22-34(23-25-35)37-27-26-36(40(44)41(37)45)13-11-8-6-4-2/h20,22-25,27-32,36H,3-19,21,26H2,1-2H3/t30?,31?,32?,36-/m0/s1. The molecule has 4 heteroatoms. The molecule has 0 spiro atoms. The number of rotatable bonds is 15. The average Bonchev–Trinajstić information content (AvgIpc) is 3.10. The van der Waals surface area contributed by atoms with Crippen molar-refractivity contribution in [3.8, 4) is 11.1 Å². The molecule has 0 aliphatic heterocycles. The third kappa shape index (κ3) is 9.09. The fourth-order valence-electron chi connectivity index (χ4n) is 8.43. The number of hydrogen-bond acceptors (Lipinski definition) is 0. The smallest absolute Gasteiger partial charge is 0.167 e. The van der Waals surface area contributed by atoms with E-state index in [0.29, 0.717) is 35.4 Å². The summed E-state index contributed by atoms with van der Waals surface area (Å²) in [5.41, 5.74) is 2.77. The second-order valence-electron chi connectivity index (χ2n) is 14.7. The Kier molecular flexibility index (Phi) is 13.4. The molecule has 0 heterocycles. The average molecular weight is 649 g/mol. The van der Waals surface area contributed by atoms with Gasteiger partial charge in [0.2, 0.25) is 0 Å². The maximum absolute atomic E-state index is 15.5. The zero-order valence-electron chi connectivity index (χ0n) is 28.9. The van der Waals surface area contributed by atoms with E-state index >= 15 is 13.2 Å². The van der Waals surface area contributed by atoms with Gasteiger partial charge < -0.3 is 0 Å². The molecule has 5 rings (SSSR count). The second-order valence-corrected chi connectivity index (χ2v) is 14.7.